The number of rotatable bonds is 2. The van der Waals surface area contributed by atoms with Crippen LogP contribution in [0.5, 0.6) is 0 Å². The molecule has 3 heterocycles. The van der Waals surface area contributed by atoms with Gasteiger partial charge in [0.25, 0.3) is 0 Å². The van der Waals surface area contributed by atoms with E-state index >= 15 is 0 Å². The van der Waals surface area contributed by atoms with E-state index in [-0.39, 0.29) is 5.41 Å². The molecule has 0 spiro atoms. The summed E-state index contributed by atoms with van der Waals surface area (Å²) in [6.07, 6.45) is 4.33. The monoisotopic (exact) mass is 304 g/mol. The zero-order valence-corrected chi connectivity index (χ0v) is 14.1. The lowest BCUT2D eigenvalue weighted by Crippen LogP contribution is -2.49. The highest BCUT2D eigenvalue weighted by Crippen LogP contribution is 2.24. The Morgan fingerprint density at radius 1 is 1.09 bits per heavy atom. The Bertz CT molecular complexity index is 486. The highest BCUT2D eigenvalue weighted by molar-refractivity contribution is 5.38. The molecule has 5 nitrogen and oxygen atoms in total. The fourth-order valence-corrected chi connectivity index (χ4v) is 3.29. The highest BCUT2D eigenvalue weighted by atomic mass is 16.5. The summed E-state index contributed by atoms with van der Waals surface area (Å²) in [5.41, 5.74) is 0.00212. The van der Waals surface area contributed by atoms with Crippen molar-refractivity contribution >= 4 is 5.82 Å². The number of piperidine rings is 1. The van der Waals surface area contributed by atoms with Crippen LogP contribution in [0, 0.1) is 0 Å². The molecule has 2 aliphatic rings. The smallest absolute Gasteiger partial charge is 0.135 e. The minimum Gasteiger partial charge on any atom is -0.379 e. The van der Waals surface area contributed by atoms with Gasteiger partial charge in [0.05, 0.1) is 13.2 Å². The molecule has 2 saturated heterocycles. The van der Waals surface area contributed by atoms with E-state index in [2.05, 4.69) is 35.6 Å². The molecule has 0 atom stereocenters. The van der Waals surface area contributed by atoms with E-state index in [0.717, 1.165) is 51.0 Å². The Morgan fingerprint density at radius 2 is 1.77 bits per heavy atom. The van der Waals surface area contributed by atoms with Crippen LogP contribution in [0.1, 0.15) is 39.4 Å². The van der Waals surface area contributed by atoms with Gasteiger partial charge < -0.3 is 9.64 Å². The molecule has 22 heavy (non-hydrogen) atoms. The van der Waals surface area contributed by atoms with Gasteiger partial charge in [0, 0.05) is 43.8 Å². The largest absolute Gasteiger partial charge is 0.379 e. The quantitative estimate of drug-likeness (QED) is 0.837. The van der Waals surface area contributed by atoms with E-state index in [1.807, 2.05) is 12.3 Å². The van der Waals surface area contributed by atoms with Crippen molar-refractivity contribution in [2.24, 2.45) is 0 Å². The SMILES string of the molecule is CC(C)(C)c1nccc(N2CCC(N3CCOCC3)CC2)n1. The van der Waals surface area contributed by atoms with Crippen LogP contribution in [-0.4, -0.2) is 60.3 Å². The van der Waals surface area contributed by atoms with Gasteiger partial charge in [-0.25, -0.2) is 9.97 Å². The first kappa shape index (κ1) is 15.7. The first-order valence-electron chi connectivity index (χ1n) is 8.44. The van der Waals surface area contributed by atoms with Crippen LogP contribution in [0.3, 0.4) is 0 Å². The maximum absolute atomic E-state index is 5.46. The molecule has 0 N–H and O–H groups in total. The maximum Gasteiger partial charge on any atom is 0.135 e. The van der Waals surface area contributed by atoms with Crippen LogP contribution in [0.25, 0.3) is 0 Å². The van der Waals surface area contributed by atoms with E-state index in [1.165, 1.54) is 12.8 Å². The van der Waals surface area contributed by atoms with Gasteiger partial charge in [0.2, 0.25) is 0 Å². The molecule has 0 bridgehead atoms. The maximum atomic E-state index is 5.46. The second kappa shape index (κ2) is 6.50. The first-order chi connectivity index (χ1) is 10.5. The Hall–Kier alpha value is -1.20. The molecule has 0 saturated carbocycles. The second-order valence-corrected chi connectivity index (χ2v) is 7.36. The number of ether oxygens (including phenoxy) is 1. The van der Waals surface area contributed by atoms with Crippen LogP contribution in [0.4, 0.5) is 5.82 Å². The molecule has 0 amide bonds. The van der Waals surface area contributed by atoms with Crippen LogP contribution < -0.4 is 4.90 Å². The van der Waals surface area contributed by atoms with Gasteiger partial charge >= 0.3 is 0 Å². The lowest BCUT2D eigenvalue weighted by molar-refractivity contribution is 0.0114. The summed E-state index contributed by atoms with van der Waals surface area (Å²) in [6, 6.07) is 2.76. The second-order valence-electron chi connectivity index (χ2n) is 7.36. The molecule has 1 aromatic rings. The van der Waals surface area contributed by atoms with Gasteiger partial charge in [0.15, 0.2) is 0 Å². The lowest BCUT2D eigenvalue weighted by atomic mass is 9.96. The number of nitrogens with zero attached hydrogens (tertiary/aromatic N) is 4. The summed E-state index contributed by atoms with van der Waals surface area (Å²) in [6.45, 7) is 12.6. The van der Waals surface area contributed by atoms with Crippen molar-refractivity contribution in [3.8, 4) is 0 Å². The summed E-state index contributed by atoms with van der Waals surface area (Å²) in [7, 11) is 0. The third kappa shape index (κ3) is 3.58. The van der Waals surface area contributed by atoms with Crippen LogP contribution in [0.2, 0.25) is 0 Å². The van der Waals surface area contributed by atoms with Crippen molar-refractivity contribution in [2.45, 2.75) is 45.1 Å². The van der Waals surface area contributed by atoms with E-state index < -0.39 is 0 Å². The number of hydrogen-bond acceptors (Lipinski definition) is 5. The third-order valence-corrected chi connectivity index (χ3v) is 4.66. The van der Waals surface area contributed by atoms with Crippen molar-refractivity contribution in [3.63, 3.8) is 0 Å². The molecule has 5 heteroatoms. The summed E-state index contributed by atoms with van der Waals surface area (Å²) in [5.74, 6) is 2.01. The lowest BCUT2D eigenvalue weighted by Gasteiger charge is -2.40. The predicted molar refractivity (Wildman–Crippen MR) is 88.4 cm³/mol. The fourth-order valence-electron chi connectivity index (χ4n) is 3.29. The molecule has 1 aromatic heterocycles. The van der Waals surface area contributed by atoms with Crippen LogP contribution >= 0.6 is 0 Å². The normalized spacial score (nSPS) is 22.0. The first-order valence-corrected chi connectivity index (χ1v) is 8.44. The molecule has 2 aliphatic heterocycles. The highest BCUT2D eigenvalue weighted by Gasteiger charge is 2.27. The third-order valence-electron chi connectivity index (χ3n) is 4.66. The van der Waals surface area contributed by atoms with Gasteiger partial charge in [-0.1, -0.05) is 20.8 Å². The summed E-state index contributed by atoms with van der Waals surface area (Å²) in [5, 5.41) is 0. The Balaban J connectivity index is 1.61. The van der Waals surface area contributed by atoms with Gasteiger partial charge in [-0.05, 0) is 18.9 Å². The van der Waals surface area contributed by atoms with E-state index in [9.17, 15) is 0 Å². The summed E-state index contributed by atoms with van der Waals surface area (Å²) < 4.78 is 5.46. The molecular weight excluding hydrogens is 276 g/mol. The van der Waals surface area contributed by atoms with Crippen molar-refractivity contribution in [3.05, 3.63) is 18.1 Å². The summed E-state index contributed by atoms with van der Waals surface area (Å²) >= 11 is 0. The molecule has 3 rings (SSSR count). The average Bonchev–Trinajstić information content (AvgIpc) is 2.55. The fraction of sp³-hybridized carbons (Fsp3) is 0.765. The van der Waals surface area contributed by atoms with E-state index in [0.29, 0.717) is 6.04 Å². The van der Waals surface area contributed by atoms with E-state index in [4.69, 9.17) is 9.72 Å². The molecule has 2 fully saturated rings. The van der Waals surface area contributed by atoms with Gasteiger partial charge in [-0.15, -0.1) is 0 Å². The topological polar surface area (TPSA) is 41.5 Å². The zero-order valence-electron chi connectivity index (χ0n) is 14.1. The molecule has 0 unspecified atom stereocenters. The van der Waals surface area contributed by atoms with Gasteiger partial charge in [-0.2, -0.15) is 0 Å². The molecule has 0 aromatic carbocycles. The van der Waals surface area contributed by atoms with Crippen molar-refractivity contribution < 1.29 is 4.74 Å². The van der Waals surface area contributed by atoms with Gasteiger partial charge in [-0.3, -0.25) is 4.90 Å². The van der Waals surface area contributed by atoms with Crippen molar-refractivity contribution in [2.75, 3.05) is 44.3 Å². The van der Waals surface area contributed by atoms with Crippen molar-refractivity contribution in [1.29, 1.82) is 0 Å². The average molecular weight is 304 g/mol. The summed E-state index contributed by atoms with van der Waals surface area (Å²) in [4.78, 5) is 14.2. The minimum absolute atomic E-state index is 0.00212. The standard InChI is InChI=1S/C17H28N4O/c1-17(2,3)16-18-7-4-15(19-16)21-8-5-14(6-9-21)20-10-12-22-13-11-20/h4,7,14H,5-6,8-13H2,1-3H3. The number of anilines is 1. The number of morpholine rings is 1. The van der Waals surface area contributed by atoms with Crippen LogP contribution in [-0.2, 0) is 10.2 Å². The molecule has 122 valence electrons. The van der Waals surface area contributed by atoms with Crippen molar-refractivity contribution in [1.82, 2.24) is 14.9 Å². The van der Waals surface area contributed by atoms with Gasteiger partial charge in [0.1, 0.15) is 11.6 Å². The molecule has 0 radical (unpaired) electrons. The number of hydrogen-bond donors (Lipinski definition) is 0. The predicted octanol–water partition coefficient (Wildman–Crippen LogP) is 2.08. The Labute approximate surface area is 133 Å². The molecule has 0 aliphatic carbocycles. The Kier molecular flexibility index (Phi) is 4.64. The van der Waals surface area contributed by atoms with Crippen LogP contribution in [0.15, 0.2) is 12.3 Å². The Morgan fingerprint density at radius 3 is 2.41 bits per heavy atom. The minimum atomic E-state index is 0.00212. The molecular formula is C17H28N4O. The number of aromatic nitrogens is 2. The van der Waals surface area contributed by atoms with E-state index in [1.54, 1.807) is 0 Å². The zero-order chi connectivity index (χ0) is 15.6.